The fourth-order valence-corrected chi connectivity index (χ4v) is 3.96. The summed E-state index contributed by atoms with van der Waals surface area (Å²) in [5.74, 6) is 0.497. The molecule has 1 aliphatic heterocycles. The fourth-order valence-electron chi connectivity index (χ4n) is 3.96. The number of hydrogen-bond acceptors (Lipinski definition) is 6. The van der Waals surface area contributed by atoms with E-state index in [-0.39, 0.29) is 11.1 Å². The van der Waals surface area contributed by atoms with Crippen LogP contribution in [0.5, 0.6) is 0 Å². The lowest BCUT2D eigenvalue weighted by atomic mass is 9.77. The number of carbonyl (C=O) groups is 1. The van der Waals surface area contributed by atoms with Gasteiger partial charge in [-0.25, -0.2) is 14.8 Å². The van der Waals surface area contributed by atoms with Crippen LogP contribution in [0.4, 0.5) is 5.82 Å². The summed E-state index contributed by atoms with van der Waals surface area (Å²) >= 11 is 0. The van der Waals surface area contributed by atoms with Crippen molar-refractivity contribution < 1.29 is 9.90 Å². The molecule has 7 heteroatoms. The second-order valence-electron chi connectivity index (χ2n) is 6.68. The number of nitrogens with zero attached hydrogens (tertiary/aromatic N) is 5. The van der Waals surface area contributed by atoms with Gasteiger partial charge in [-0.05, 0) is 50.3 Å². The first-order valence-corrected chi connectivity index (χ1v) is 8.22. The van der Waals surface area contributed by atoms with Crippen molar-refractivity contribution in [2.75, 3.05) is 18.0 Å². The predicted molar refractivity (Wildman–Crippen MR) is 87.2 cm³/mol. The Labute approximate surface area is 139 Å². The third-order valence-corrected chi connectivity index (χ3v) is 5.13. The Bertz CT molecular complexity index is 788. The molecule has 4 rings (SSSR count). The van der Waals surface area contributed by atoms with Crippen molar-refractivity contribution in [2.45, 2.75) is 38.0 Å². The second-order valence-corrected chi connectivity index (χ2v) is 6.68. The molecule has 0 saturated carbocycles. The summed E-state index contributed by atoms with van der Waals surface area (Å²) < 4.78 is 0. The van der Waals surface area contributed by atoms with E-state index in [2.05, 4.69) is 20.1 Å². The van der Waals surface area contributed by atoms with Crippen molar-refractivity contribution in [1.82, 2.24) is 20.2 Å². The van der Waals surface area contributed by atoms with E-state index in [0.29, 0.717) is 0 Å². The third-order valence-electron chi connectivity index (χ3n) is 5.13. The number of aromatic nitrogens is 4. The molecule has 124 valence electrons. The molecule has 1 fully saturated rings. The first-order chi connectivity index (χ1) is 11.6. The number of anilines is 1. The van der Waals surface area contributed by atoms with Gasteiger partial charge < -0.3 is 10.0 Å². The minimum atomic E-state index is -1.05. The van der Waals surface area contributed by atoms with Crippen molar-refractivity contribution >= 4 is 11.8 Å². The Kier molecular flexibility index (Phi) is 3.44. The van der Waals surface area contributed by atoms with Crippen LogP contribution in [0.2, 0.25) is 0 Å². The largest absolute Gasteiger partial charge is 0.476 e. The summed E-state index contributed by atoms with van der Waals surface area (Å²) in [7, 11) is 0. The Balaban J connectivity index is 1.63. The van der Waals surface area contributed by atoms with Crippen LogP contribution in [-0.4, -0.2) is 44.3 Å². The molecule has 0 amide bonds. The van der Waals surface area contributed by atoms with Crippen LogP contribution in [0.3, 0.4) is 0 Å². The maximum atomic E-state index is 10.9. The molecule has 1 aliphatic carbocycles. The molecule has 0 radical (unpaired) electrons. The minimum absolute atomic E-state index is 0.0277. The van der Waals surface area contributed by atoms with E-state index in [4.69, 9.17) is 10.1 Å². The quantitative estimate of drug-likeness (QED) is 0.899. The maximum Gasteiger partial charge on any atom is 0.356 e. The highest BCUT2D eigenvalue weighted by Crippen LogP contribution is 2.44. The van der Waals surface area contributed by atoms with Gasteiger partial charge in [0.2, 0.25) is 0 Å². The number of piperidine rings is 1. The van der Waals surface area contributed by atoms with Crippen molar-refractivity contribution in [2.24, 2.45) is 0 Å². The number of rotatable bonds is 2. The van der Waals surface area contributed by atoms with Crippen LogP contribution in [-0.2, 0) is 11.8 Å². The molecular formula is C17H19N5O2. The van der Waals surface area contributed by atoms with Crippen LogP contribution in [0.25, 0.3) is 0 Å². The van der Waals surface area contributed by atoms with Gasteiger partial charge in [0.05, 0.1) is 5.69 Å². The highest BCUT2D eigenvalue weighted by atomic mass is 16.4. The smallest absolute Gasteiger partial charge is 0.356 e. The molecule has 3 heterocycles. The Morgan fingerprint density at radius 1 is 1.29 bits per heavy atom. The molecule has 2 aromatic heterocycles. The molecule has 7 nitrogen and oxygen atoms in total. The van der Waals surface area contributed by atoms with Crippen LogP contribution in [0, 0.1) is 6.92 Å². The first kappa shape index (κ1) is 15.0. The molecule has 0 aromatic carbocycles. The van der Waals surface area contributed by atoms with Gasteiger partial charge in [0, 0.05) is 24.7 Å². The van der Waals surface area contributed by atoms with E-state index in [1.165, 1.54) is 17.3 Å². The van der Waals surface area contributed by atoms with E-state index in [0.717, 1.165) is 50.4 Å². The molecule has 24 heavy (non-hydrogen) atoms. The molecular weight excluding hydrogens is 306 g/mol. The minimum Gasteiger partial charge on any atom is -0.476 e. The summed E-state index contributed by atoms with van der Waals surface area (Å²) in [5.41, 5.74) is 2.47. The van der Waals surface area contributed by atoms with Crippen molar-refractivity contribution in [1.29, 1.82) is 0 Å². The summed E-state index contributed by atoms with van der Waals surface area (Å²) in [5, 5.41) is 16.9. The summed E-state index contributed by atoms with van der Waals surface area (Å²) in [6.07, 6.45) is 6.25. The molecule has 0 bridgehead atoms. The monoisotopic (exact) mass is 325 g/mol. The lowest BCUT2D eigenvalue weighted by Gasteiger charge is -2.41. The van der Waals surface area contributed by atoms with E-state index in [9.17, 15) is 4.79 Å². The molecule has 2 aliphatic rings. The zero-order valence-electron chi connectivity index (χ0n) is 13.6. The van der Waals surface area contributed by atoms with Gasteiger partial charge in [0.1, 0.15) is 5.82 Å². The Morgan fingerprint density at radius 2 is 2.17 bits per heavy atom. The standard InChI is InChI=1S/C17H19N5O2/c1-11-18-9-12-5-7-17(15(12)19-11)6-2-8-22(10-17)14-4-3-13(16(23)24)20-21-14/h3-4,9H,2,5-8,10H2,1H3,(H,23,24). The van der Waals surface area contributed by atoms with E-state index in [1.807, 2.05) is 13.1 Å². The number of aromatic carboxylic acids is 1. The number of carboxylic acids is 1. The van der Waals surface area contributed by atoms with Crippen LogP contribution in [0.15, 0.2) is 18.3 Å². The molecule has 1 unspecified atom stereocenters. The van der Waals surface area contributed by atoms with Crippen LogP contribution in [0.1, 0.15) is 46.8 Å². The van der Waals surface area contributed by atoms with Crippen molar-refractivity contribution in [3.63, 3.8) is 0 Å². The zero-order chi connectivity index (χ0) is 16.7. The number of carboxylic acid groups (broad SMARTS) is 1. The van der Waals surface area contributed by atoms with Gasteiger partial charge in [-0.15, -0.1) is 10.2 Å². The summed E-state index contributed by atoms with van der Waals surface area (Å²) in [6, 6.07) is 3.26. The summed E-state index contributed by atoms with van der Waals surface area (Å²) in [4.78, 5) is 22.2. The average molecular weight is 325 g/mol. The average Bonchev–Trinajstić information content (AvgIpc) is 2.92. The van der Waals surface area contributed by atoms with Gasteiger partial charge >= 0.3 is 5.97 Å². The number of hydrogen-bond donors (Lipinski definition) is 1. The number of fused-ring (bicyclic) bond motifs is 2. The Hall–Kier alpha value is -2.57. The predicted octanol–water partition coefficient (Wildman–Crippen LogP) is 1.76. The third kappa shape index (κ3) is 2.40. The van der Waals surface area contributed by atoms with Gasteiger partial charge in [-0.1, -0.05) is 0 Å². The second kappa shape index (κ2) is 5.51. The SMILES string of the molecule is Cc1ncc2c(n1)C1(CCCN(c3ccc(C(=O)O)nn3)C1)CC2. The normalized spacial score (nSPS) is 22.6. The van der Waals surface area contributed by atoms with E-state index in [1.54, 1.807) is 6.07 Å². The molecule has 2 aromatic rings. The Morgan fingerprint density at radius 3 is 2.92 bits per heavy atom. The fraction of sp³-hybridized carbons (Fsp3) is 0.471. The molecule has 1 N–H and O–H groups in total. The van der Waals surface area contributed by atoms with E-state index < -0.39 is 5.97 Å². The molecule has 1 atom stereocenters. The lowest BCUT2D eigenvalue weighted by molar-refractivity contribution is 0.0689. The van der Waals surface area contributed by atoms with Crippen molar-refractivity contribution in [3.05, 3.63) is 41.1 Å². The van der Waals surface area contributed by atoms with Gasteiger partial charge in [0.25, 0.3) is 0 Å². The van der Waals surface area contributed by atoms with Gasteiger partial charge in [-0.2, -0.15) is 0 Å². The highest BCUT2D eigenvalue weighted by molar-refractivity contribution is 5.85. The van der Waals surface area contributed by atoms with Gasteiger partial charge in [-0.3, -0.25) is 0 Å². The highest BCUT2D eigenvalue weighted by Gasteiger charge is 2.44. The van der Waals surface area contributed by atoms with Crippen LogP contribution < -0.4 is 4.90 Å². The zero-order valence-corrected chi connectivity index (χ0v) is 13.6. The maximum absolute atomic E-state index is 10.9. The number of aryl methyl sites for hydroxylation is 2. The van der Waals surface area contributed by atoms with Crippen molar-refractivity contribution in [3.8, 4) is 0 Å². The van der Waals surface area contributed by atoms with Gasteiger partial charge in [0.15, 0.2) is 11.5 Å². The van der Waals surface area contributed by atoms with Crippen LogP contribution >= 0.6 is 0 Å². The topological polar surface area (TPSA) is 92.1 Å². The lowest BCUT2D eigenvalue weighted by Crippen LogP contribution is -2.46. The summed E-state index contributed by atoms with van der Waals surface area (Å²) in [6.45, 7) is 3.68. The first-order valence-electron chi connectivity index (χ1n) is 8.22. The van der Waals surface area contributed by atoms with E-state index >= 15 is 0 Å². The molecule has 1 saturated heterocycles. The molecule has 1 spiro atoms.